The number of nitrogens with two attached hydrogens (primary N) is 1. The van der Waals surface area contributed by atoms with E-state index < -0.39 is 0 Å². The summed E-state index contributed by atoms with van der Waals surface area (Å²) in [6.07, 6.45) is 0. The smallest absolute Gasteiger partial charge is 0.137 e. The minimum Gasteiger partial charge on any atom is -0.320 e. The summed E-state index contributed by atoms with van der Waals surface area (Å²) >= 11 is 6.72. The summed E-state index contributed by atoms with van der Waals surface area (Å²) in [4.78, 5) is 0. The average Bonchev–Trinajstić information content (AvgIpc) is 2.35. The van der Waals surface area contributed by atoms with Gasteiger partial charge in [-0.2, -0.15) is 0 Å². The highest BCUT2D eigenvalue weighted by atomic mass is 79.9. The van der Waals surface area contributed by atoms with Crippen LogP contribution < -0.4 is 5.73 Å². The van der Waals surface area contributed by atoms with Crippen molar-refractivity contribution in [1.29, 1.82) is 0 Å². The fourth-order valence-corrected chi connectivity index (χ4v) is 2.70. The number of benzene rings is 2. The number of rotatable bonds is 2. The third-order valence-corrected chi connectivity index (χ3v) is 4.55. The molecule has 0 spiro atoms. The Hall–Kier alpha value is -0.710. The van der Waals surface area contributed by atoms with Crippen LogP contribution in [0.15, 0.2) is 45.3 Å². The molecule has 94 valence electrons. The van der Waals surface area contributed by atoms with E-state index in [1.807, 2.05) is 25.1 Å². The van der Waals surface area contributed by atoms with Crippen LogP contribution in [-0.2, 0) is 0 Å². The Bertz CT molecular complexity index is 584. The first-order valence-corrected chi connectivity index (χ1v) is 7.05. The van der Waals surface area contributed by atoms with Crippen LogP contribution in [0.4, 0.5) is 4.39 Å². The lowest BCUT2D eigenvalue weighted by molar-refractivity contribution is 0.619. The van der Waals surface area contributed by atoms with Crippen molar-refractivity contribution in [2.45, 2.75) is 13.0 Å². The Kier molecular flexibility index (Phi) is 4.20. The second-order valence-corrected chi connectivity index (χ2v) is 5.78. The predicted octanol–water partition coefficient (Wildman–Crippen LogP) is 4.71. The Morgan fingerprint density at radius 3 is 2.56 bits per heavy atom. The van der Waals surface area contributed by atoms with Gasteiger partial charge in [-0.15, -0.1) is 0 Å². The summed E-state index contributed by atoms with van der Waals surface area (Å²) in [6, 6.07) is 10.5. The van der Waals surface area contributed by atoms with Crippen molar-refractivity contribution in [1.82, 2.24) is 0 Å². The van der Waals surface area contributed by atoms with Crippen LogP contribution in [0.25, 0.3) is 0 Å². The van der Waals surface area contributed by atoms with Crippen LogP contribution in [0.2, 0.25) is 0 Å². The van der Waals surface area contributed by atoms with E-state index in [0.717, 1.165) is 21.2 Å². The highest BCUT2D eigenvalue weighted by Gasteiger charge is 2.14. The fourth-order valence-electron chi connectivity index (χ4n) is 1.80. The quantitative estimate of drug-likeness (QED) is 0.811. The van der Waals surface area contributed by atoms with Crippen molar-refractivity contribution >= 4 is 31.9 Å². The minimum atomic E-state index is -0.283. The Labute approximate surface area is 122 Å². The van der Waals surface area contributed by atoms with Gasteiger partial charge in [0.15, 0.2) is 0 Å². The van der Waals surface area contributed by atoms with Crippen molar-refractivity contribution < 1.29 is 4.39 Å². The van der Waals surface area contributed by atoms with Crippen molar-refractivity contribution in [2.24, 2.45) is 5.73 Å². The molecule has 0 bridgehead atoms. The molecule has 0 heterocycles. The molecule has 2 N–H and O–H groups in total. The molecule has 2 rings (SSSR count). The molecule has 18 heavy (non-hydrogen) atoms. The van der Waals surface area contributed by atoms with Crippen LogP contribution in [0, 0.1) is 12.7 Å². The monoisotopic (exact) mass is 371 g/mol. The third kappa shape index (κ3) is 2.66. The van der Waals surface area contributed by atoms with Gasteiger partial charge in [-0.1, -0.05) is 40.2 Å². The predicted molar refractivity (Wildman–Crippen MR) is 79.0 cm³/mol. The van der Waals surface area contributed by atoms with Crippen molar-refractivity contribution in [2.75, 3.05) is 0 Å². The molecule has 2 aromatic carbocycles. The first-order chi connectivity index (χ1) is 8.50. The molecule has 1 unspecified atom stereocenters. The molecule has 0 aliphatic carbocycles. The Morgan fingerprint density at radius 2 is 1.89 bits per heavy atom. The fraction of sp³-hybridized carbons (Fsp3) is 0.143. The van der Waals surface area contributed by atoms with Crippen LogP contribution in [0.5, 0.6) is 0 Å². The van der Waals surface area contributed by atoms with Crippen LogP contribution in [-0.4, -0.2) is 0 Å². The second kappa shape index (κ2) is 5.51. The van der Waals surface area contributed by atoms with Crippen molar-refractivity contribution in [3.05, 3.63) is 67.9 Å². The molecule has 4 heteroatoms. The van der Waals surface area contributed by atoms with E-state index in [-0.39, 0.29) is 11.9 Å². The van der Waals surface area contributed by atoms with Gasteiger partial charge in [0.25, 0.3) is 0 Å². The first-order valence-electron chi connectivity index (χ1n) is 5.46. The van der Waals surface area contributed by atoms with E-state index in [4.69, 9.17) is 5.73 Å². The van der Waals surface area contributed by atoms with Gasteiger partial charge in [-0.05, 0) is 51.7 Å². The van der Waals surface area contributed by atoms with E-state index in [9.17, 15) is 4.39 Å². The lowest BCUT2D eigenvalue weighted by Gasteiger charge is -2.16. The van der Waals surface area contributed by atoms with E-state index in [1.165, 1.54) is 6.07 Å². The maximum Gasteiger partial charge on any atom is 0.137 e. The molecule has 1 nitrogen and oxygen atoms in total. The van der Waals surface area contributed by atoms with Gasteiger partial charge in [0, 0.05) is 4.47 Å². The standard InChI is InChI=1S/C14H12Br2FN/c1-8-3-2-4-10(13(8)16)14(18)9-5-6-12(17)11(15)7-9/h2-7,14H,18H2,1H3. The number of hydrogen-bond acceptors (Lipinski definition) is 1. The molecule has 0 aliphatic rings. The number of halogens is 3. The number of hydrogen-bond donors (Lipinski definition) is 1. The SMILES string of the molecule is Cc1cccc(C(N)c2ccc(F)c(Br)c2)c1Br. The molecule has 1 atom stereocenters. The van der Waals surface area contributed by atoms with Crippen molar-refractivity contribution in [3.8, 4) is 0 Å². The van der Waals surface area contributed by atoms with Gasteiger partial charge in [0.05, 0.1) is 10.5 Å². The summed E-state index contributed by atoms with van der Waals surface area (Å²) < 4.78 is 14.6. The van der Waals surface area contributed by atoms with Crippen molar-refractivity contribution in [3.63, 3.8) is 0 Å². The van der Waals surface area contributed by atoms with Crippen LogP contribution in [0.3, 0.4) is 0 Å². The first kappa shape index (κ1) is 13.7. The molecule has 0 fully saturated rings. The Balaban J connectivity index is 2.44. The third-order valence-electron chi connectivity index (χ3n) is 2.86. The maximum atomic E-state index is 13.2. The van der Waals surface area contributed by atoms with Gasteiger partial charge in [0.1, 0.15) is 5.82 Å². The summed E-state index contributed by atoms with van der Waals surface area (Å²) in [6.45, 7) is 2.01. The summed E-state index contributed by atoms with van der Waals surface area (Å²) in [5.74, 6) is -0.283. The van der Waals surface area contributed by atoms with Gasteiger partial charge in [0.2, 0.25) is 0 Å². The molecule has 0 saturated carbocycles. The van der Waals surface area contributed by atoms with E-state index in [0.29, 0.717) is 4.47 Å². The largest absolute Gasteiger partial charge is 0.320 e. The maximum absolute atomic E-state index is 13.2. The molecule has 0 amide bonds. The normalized spacial score (nSPS) is 12.5. The zero-order valence-corrected chi connectivity index (χ0v) is 12.9. The van der Waals surface area contributed by atoms with E-state index >= 15 is 0 Å². The van der Waals surface area contributed by atoms with Gasteiger partial charge >= 0.3 is 0 Å². The minimum absolute atomic E-state index is 0.281. The molecule has 2 aromatic rings. The highest BCUT2D eigenvalue weighted by Crippen LogP contribution is 2.30. The van der Waals surface area contributed by atoms with Gasteiger partial charge in [-0.3, -0.25) is 0 Å². The molecular weight excluding hydrogens is 361 g/mol. The highest BCUT2D eigenvalue weighted by molar-refractivity contribution is 9.10. The van der Waals surface area contributed by atoms with Gasteiger partial charge in [-0.25, -0.2) is 4.39 Å². The Morgan fingerprint density at radius 1 is 1.17 bits per heavy atom. The zero-order chi connectivity index (χ0) is 13.3. The summed E-state index contributed by atoms with van der Waals surface area (Å²) in [5, 5.41) is 0. The zero-order valence-electron chi connectivity index (χ0n) is 9.75. The molecule has 0 aliphatic heterocycles. The molecule has 0 radical (unpaired) electrons. The molecule has 0 saturated heterocycles. The topological polar surface area (TPSA) is 26.0 Å². The van der Waals surface area contributed by atoms with Crippen LogP contribution >= 0.6 is 31.9 Å². The average molecular weight is 373 g/mol. The number of aryl methyl sites for hydroxylation is 1. The van der Waals surface area contributed by atoms with Crippen LogP contribution in [0.1, 0.15) is 22.7 Å². The molecule has 0 aromatic heterocycles. The van der Waals surface area contributed by atoms with E-state index in [1.54, 1.807) is 12.1 Å². The van der Waals surface area contributed by atoms with E-state index in [2.05, 4.69) is 31.9 Å². The lowest BCUT2D eigenvalue weighted by atomic mass is 9.98. The molecular formula is C14H12Br2FN. The summed E-state index contributed by atoms with van der Waals surface area (Å²) in [5.41, 5.74) is 9.22. The second-order valence-electron chi connectivity index (χ2n) is 4.13. The lowest BCUT2D eigenvalue weighted by Crippen LogP contribution is -2.13. The van der Waals surface area contributed by atoms with Gasteiger partial charge < -0.3 is 5.73 Å². The summed E-state index contributed by atoms with van der Waals surface area (Å²) in [7, 11) is 0.